The average Bonchev–Trinajstić information content (AvgIpc) is 3.31. The molecular weight excluding hydrogens is 346 g/mol. The average molecular weight is 369 g/mol. The van der Waals surface area contributed by atoms with Crippen molar-refractivity contribution in [1.29, 1.82) is 0 Å². The van der Waals surface area contributed by atoms with Crippen molar-refractivity contribution in [3.63, 3.8) is 0 Å². The van der Waals surface area contributed by atoms with Crippen LogP contribution in [0.1, 0.15) is 12.8 Å². The summed E-state index contributed by atoms with van der Waals surface area (Å²) in [4.78, 5) is 25.9. The van der Waals surface area contributed by atoms with Crippen LogP contribution < -0.4 is 10.5 Å². The molecular formula is C17H23N9O. The summed E-state index contributed by atoms with van der Waals surface area (Å²) in [5.41, 5.74) is 0.144. The predicted octanol–water partition coefficient (Wildman–Crippen LogP) is 0.314. The normalized spacial score (nSPS) is 17.6. The second-order valence-electron chi connectivity index (χ2n) is 7.10. The van der Waals surface area contributed by atoms with Gasteiger partial charge < -0.3 is 9.80 Å². The third-order valence-electron chi connectivity index (χ3n) is 4.76. The zero-order chi connectivity index (χ0) is 18.8. The standard InChI is InChI=1S/C17H23N9O/c1-23(2)10-13-4-3-6-24(11-13)15-8-16(19-12-18-15)26-17(27)14(9-21-26)25-7-5-20-22-25/h5,7-9,12-13,21H,3-4,6,10-11H2,1-2H3. The van der Waals surface area contributed by atoms with E-state index < -0.39 is 0 Å². The van der Waals surface area contributed by atoms with Gasteiger partial charge in [0, 0.05) is 25.7 Å². The quantitative estimate of drug-likeness (QED) is 0.691. The molecule has 4 heterocycles. The number of nitrogens with zero attached hydrogens (tertiary/aromatic N) is 8. The zero-order valence-electron chi connectivity index (χ0n) is 15.5. The number of rotatable bonds is 5. The van der Waals surface area contributed by atoms with Crippen molar-refractivity contribution >= 4 is 5.82 Å². The zero-order valence-corrected chi connectivity index (χ0v) is 15.5. The molecule has 1 unspecified atom stereocenters. The number of aromatic amines is 1. The van der Waals surface area contributed by atoms with Crippen LogP contribution in [0.25, 0.3) is 11.5 Å². The molecule has 10 nitrogen and oxygen atoms in total. The first-order valence-electron chi connectivity index (χ1n) is 9.01. The molecule has 0 amide bonds. The van der Waals surface area contributed by atoms with Gasteiger partial charge in [0.15, 0.2) is 11.5 Å². The van der Waals surface area contributed by atoms with Crippen LogP contribution in [0.5, 0.6) is 0 Å². The van der Waals surface area contributed by atoms with E-state index in [1.54, 1.807) is 12.4 Å². The SMILES string of the molecule is CN(C)CC1CCCN(c2cc(-n3[nH]cc(-n4ccnn4)c3=O)ncn2)C1. The molecule has 1 aliphatic rings. The maximum Gasteiger partial charge on any atom is 0.298 e. The van der Waals surface area contributed by atoms with Gasteiger partial charge in [0.1, 0.15) is 12.1 Å². The fraction of sp³-hybridized carbons (Fsp3) is 0.471. The van der Waals surface area contributed by atoms with Crippen LogP contribution in [0, 0.1) is 5.92 Å². The lowest BCUT2D eigenvalue weighted by atomic mass is 9.97. The Morgan fingerprint density at radius 1 is 1.30 bits per heavy atom. The summed E-state index contributed by atoms with van der Waals surface area (Å²) in [7, 11) is 4.21. The molecule has 0 bridgehead atoms. The Morgan fingerprint density at radius 3 is 2.93 bits per heavy atom. The fourth-order valence-electron chi connectivity index (χ4n) is 3.60. The third-order valence-corrected chi connectivity index (χ3v) is 4.76. The highest BCUT2D eigenvalue weighted by Gasteiger charge is 2.22. The molecule has 0 aliphatic carbocycles. The Hall–Kier alpha value is -3.01. The first-order valence-corrected chi connectivity index (χ1v) is 9.01. The number of aromatic nitrogens is 7. The number of H-pyrrole nitrogens is 1. The number of anilines is 1. The number of nitrogens with one attached hydrogen (secondary N) is 1. The fourth-order valence-corrected chi connectivity index (χ4v) is 3.60. The molecule has 4 rings (SSSR count). The van der Waals surface area contributed by atoms with E-state index in [1.807, 2.05) is 6.07 Å². The van der Waals surface area contributed by atoms with E-state index in [9.17, 15) is 4.79 Å². The first-order chi connectivity index (χ1) is 13.1. The highest BCUT2D eigenvalue weighted by atomic mass is 16.1. The molecule has 0 saturated carbocycles. The monoisotopic (exact) mass is 369 g/mol. The first kappa shape index (κ1) is 17.4. The highest BCUT2D eigenvalue weighted by molar-refractivity contribution is 5.44. The summed E-state index contributed by atoms with van der Waals surface area (Å²) < 4.78 is 2.82. The molecule has 0 radical (unpaired) electrons. The maximum atomic E-state index is 12.7. The summed E-state index contributed by atoms with van der Waals surface area (Å²) in [6.45, 7) is 2.98. The van der Waals surface area contributed by atoms with Gasteiger partial charge in [0.25, 0.3) is 5.56 Å². The third kappa shape index (κ3) is 3.61. The minimum Gasteiger partial charge on any atom is -0.356 e. The van der Waals surface area contributed by atoms with Crippen molar-refractivity contribution < 1.29 is 0 Å². The molecule has 0 spiro atoms. The molecule has 3 aromatic heterocycles. The van der Waals surface area contributed by atoms with Crippen LogP contribution in [0.4, 0.5) is 5.82 Å². The molecule has 1 saturated heterocycles. The minimum atomic E-state index is -0.241. The molecule has 0 aromatic carbocycles. The Bertz CT molecular complexity index is 943. The second-order valence-corrected chi connectivity index (χ2v) is 7.10. The highest BCUT2D eigenvalue weighted by Crippen LogP contribution is 2.22. The van der Waals surface area contributed by atoms with E-state index in [4.69, 9.17) is 0 Å². The topological polar surface area (TPSA) is 101 Å². The van der Waals surface area contributed by atoms with Crippen LogP contribution in [0.3, 0.4) is 0 Å². The van der Waals surface area contributed by atoms with Gasteiger partial charge in [0.2, 0.25) is 0 Å². The Labute approximate surface area is 156 Å². The van der Waals surface area contributed by atoms with E-state index in [0.717, 1.165) is 31.9 Å². The van der Waals surface area contributed by atoms with Crippen LogP contribution >= 0.6 is 0 Å². The largest absolute Gasteiger partial charge is 0.356 e. The van der Waals surface area contributed by atoms with Crippen LogP contribution in [-0.2, 0) is 0 Å². The van der Waals surface area contributed by atoms with E-state index >= 15 is 0 Å². The second kappa shape index (κ2) is 7.31. The molecule has 1 atom stereocenters. The van der Waals surface area contributed by atoms with Gasteiger partial charge in [-0.15, -0.1) is 5.10 Å². The summed E-state index contributed by atoms with van der Waals surface area (Å²) in [5, 5.41) is 10.5. The summed E-state index contributed by atoms with van der Waals surface area (Å²) in [6.07, 6.45) is 8.61. The summed E-state index contributed by atoms with van der Waals surface area (Å²) in [5.74, 6) is 1.96. The lowest BCUT2D eigenvalue weighted by molar-refractivity contribution is 0.291. The van der Waals surface area contributed by atoms with Crippen LogP contribution in [-0.4, -0.2) is 73.4 Å². The van der Waals surface area contributed by atoms with Gasteiger partial charge >= 0.3 is 0 Å². The lowest BCUT2D eigenvalue weighted by Crippen LogP contribution is -2.40. The number of piperidine rings is 1. The van der Waals surface area contributed by atoms with Crippen molar-refractivity contribution in [3.8, 4) is 11.5 Å². The minimum absolute atomic E-state index is 0.241. The van der Waals surface area contributed by atoms with Gasteiger partial charge in [-0.1, -0.05) is 5.21 Å². The van der Waals surface area contributed by atoms with Crippen molar-refractivity contribution in [2.24, 2.45) is 5.92 Å². The van der Waals surface area contributed by atoms with Crippen molar-refractivity contribution in [3.05, 3.63) is 41.3 Å². The van der Waals surface area contributed by atoms with E-state index in [2.05, 4.69) is 49.3 Å². The molecule has 1 N–H and O–H groups in total. The lowest BCUT2D eigenvalue weighted by Gasteiger charge is -2.34. The predicted molar refractivity (Wildman–Crippen MR) is 100 cm³/mol. The Balaban J connectivity index is 1.59. The van der Waals surface area contributed by atoms with Crippen molar-refractivity contribution in [1.82, 2.24) is 39.6 Å². The van der Waals surface area contributed by atoms with E-state index in [-0.39, 0.29) is 5.56 Å². The molecule has 3 aromatic rings. The van der Waals surface area contributed by atoms with Gasteiger partial charge in [-0.25, -0.2) is 14.6 Å². The number of hydrogen-bond acceptors (Lipinski definition) is 7. The van der Waals surface area contributed by atoms with Crippen molar-refractivity contribution in [2.45, 2.75) is 12.8 Å². The van der Waals surface area contributed by atoms with Crippen molar-refractivity contribution in [2.75, 3.05) is 38.6 Å². The molecule has 1 aliphatic heterocycles. The smallest absolute Gasteiger partial charge is 0.298 e. The van der Waals surface area contributed by atoms with Gasteiger partial charge in [-0.3, -0.25) is 9.89 Å². The van der Waals surface area contributed by atoms with Crippen LogP contribution in [0.15, 0.2) is 35.8 Å². The Morgan fingerprint density at radius 2 is 2.15 bits per heavy atom. The van der Waals surface area contributed by atoms with Crippen LogP contribution in [0.2, 0.25) is 0 Å². The molecule has 1 fully saturated rings. The molecule has 142 valence electrons. The van der Waals surface area contributed by atoms with Gasteiger partial charge in [-0.2, -0.15) is 4.68 Å². The molecule has 10 heteroatoms. The summed E-state index contributed by atoms with van der Waals surface area (Å²) >= 11 is 0. The summed E-state index contributed by atoms with van der Waals surface area (Å²) in [6, 6.07) is 1.85. The Kier molecular flexibility index (Phi) is 4.71. The van der Waals surface area contributed by atoms with Gasteiger partial charge in [-0.05, 0) is 32.9 Å². The van der Waals surface area contributed by atoms with E-state index in [1.165, 1.54) is 28.3 Å². The number of hydrogen-bond donors (Lipinski definition) is 1. The molecule has 27 heavy (non-hydrogen) atoms. The van der Waals surface area contributed by atoms with E-state index in [0.29, 0.717) is 17.4 Å². The van der Waals surface area contributed by atoms with Gasteiger partial charge in [0.05, 0.1) is 18.6 Å². The maximum absolute atomic E-state index is 12.7.